The van der Waals surface area contributed by atoms with Gasteiger partial charge >= 0.3 is 6.18 Å². The van der Waals surface area contributed by atoms with Gasteiger partial charge in [0.15, 0.2) is 17.6 Å². The van der Waals surface area contributed by atoms with Crippen molar-refractivity contribution in [3.8, 4) is 0 Å². The molecule has 0 radical (unpaired) electrons. The second-order valence-corrected chi connectivity index (χ2v) is 8.03. The van der Waals surface area contributed by atoms with Crippen LogP contribution in [-0.4, -0.2) is 29.1 Å². The molecule has 1 aliphatic heterocycles. The maximum Gasteiger partial charge on any atom is 0.433 e. The van der Waals surface area contributed by atoms with Crippen molar-refractivity contribution in [2.24, 2.45) is 27.6 Å². The minimum absolute atomic E-state index is 0.108. The van der Waals surface area contributed by atoms with E-state index in [1.807, 2.05) is 0 Å². The Bertz CT molecular complexity index is 782. The minimum Gasteiger partial charge on any atom is -0.319 e. The Labute approximate surface area is 161 Å². The summed E-state index contributed by atoms with van der Waals surface area (Å²) in [6, 6.07) is 3.77. The number of rotatable bonds is 5. The zero-order chi connectivity index (χ0) is 19.8. The fraction of sp³-hybridized carbons (Fsp3) is 0.632. The van der Waals surface area contributed by atoms with Crippen LogP contribution in [-0.2, 0) is 6.18 Å². The van der Waals surface area contributed by atoms with E-state index in [1.54, 1.807) is 0 Å². The lowest BCUT2D eigenvalue weighted by molar-refractivity contribution is -0.141. The van der Waals surface area contributed by atoms with E-state index in [0.717, 1.165) is 31.7 Å². The molecule has 3 aliphatic rings. The topological polar surface area (TPSA) is 87.7 Å². The molecule has 1 aromatic rings. The molecule has 28 heavy (non-hydrogen) atoms. The quantitative estimate of drug-likeness (QED) is 0.716. The number of nitrogens with zero attached hydrogens (tertiary/aromatic N) is 3. The predicted octanol–water partition coefficient (Wildman–Crippen LogP) is 3.00. The lowest BCUT2D eigenvalue weighted by Crippen LogP contribution is -2.64. The van der Waals surface area contributed by atoms with E-state index in [9.17, 15) is 13.2 Å². The molecular weight excluding hydrogens is 369 g/mol. The van der Waals surface area contributed by atoms with Gasteiger partial charge in [-0.25, -0.2) is 9.98 Å². The summed E-state index contributed by atoms with van der Waals surface area (Å²) < 4.78 is 39.2. The van der Waals surface area contributed by atoms with Gasteiger partial charge in [-0.3, -0.25) is 10.7 Å². The number of amidine groups is 1. The number of aromatic nitrogens is 1. The van der Waals surface area contributed by atoms with Crippen LogP contribution in [0.4, 0.5) is 13.2 Å². The minimum atomic E-state index is -4.52. The monoisotopic (exact) mass is 394 g/mol. The average Bonchev–Trinajstić information content (AvgIpc) is 2.56. The third-order valence-electron chi connectivity index (χ3n) is 5.72. The number of pyridine rings is 1. The molecule has 2 saturated carbocycles. The lowest BCUT2D eigenvalue weighted by Gasteiger charge is -2.38. The Hall–Kier alpha value is -2.16. The number of aliphatic imine (C=N–C) groups is 2. The number of halogens is 3. The van der Waals surface area contributed by atoms with Crippen molar-refractivity contribution in [2.75, 3.05) is 6.54 Å². The largest absolute Gasteiger partial charge is 0.433 e. The molecule has 0 amide bonds. The smallest absolute Gasteiger partial charge is 0.319 e. The highest BCUT2D eigenvalue weighted by atomic mass is 19.4. The van der Waals surface area contributed by atoms with Gasteiger partial charge in [-0.2, -0.15) is 13.2 Å². The number of guanidine groups is 1. The van der Waals surface area contributed by atoms with Crippen LogP contribution in [0.25, 0.3) is 0 Å². The summed E-state index contributed by atoms with van der Waals surface area (Å²) in [5.74, 6) is 0.601. The normalized spacial score (nSPS) is 27.4. The lowest BCUT2D eigenvalue weighted by atomic mass is 9.81. The van der Waals surface area contributed by atoms with Gasteiger partial charge in [0.25, 0.3) is 0 Å². The summed E-state index contributed by atoms with van der Waals surface area (Å²) in [5, 5.41) is 6.15. The van der Waals surface area contributed by atoms with E-state index in [4.69, 9.17) is 5.73 Å². The van der Waals surface area contributed by atoms with Crippen molar-refractivity contribution in [1.82, 2.24) is 15.6 Å². The number of hydrogen-bond acceptors (Lipinski definition) is 4. The zero-order valence-corrected chi connectivity index (χ0v) is 15.6. The first-order valence-corrected chi connectivity index (χ1v) is 9.84. The van der Waals surface area contributed by atoms with Crippen LogP contribution in [0, 0.1) is 11.8 Å². The third-order valence-corrected chi connectivity index (χ3v) is 5.72. The van der Waals surface area contributed by atoms with Gasteiger partial charge in [-0.15, -0.1) is 0 Å². The van der Waals surface area contributed by atoms with Crippen LogP contribution in [0.1, 0.15) is 56.3 Å². The van der Waals surface area contributed by atoms with E-state index in [2.05, 4.69) is 25.6 Å². The number of hydrogen-bond donors (Lipinski definition) is 3. The van der Waals surface area contributed by atoms with Crippen molar-refractivity contribution in [3.63, 3.8) is 0 Å². The fourth-order valence-electron chi connectivity index (χ4n) is 3.66. The molecule has 1 unspecified atom stereocenters. The molecule has 1 aromatic heterocycles. The number of nitrogens with two attached hydrogens (primary N) is 1. The van der Waals surface area contributed by atoms with Crippen LogP contribution in [0.3, 0.4) is 0 Å². The molecule has 6 nitrogen and oxygen atoms in total. The van der Waals surface area contributed by atoms with Crippen LogP contribution in [0.5, 0.6) is 0 Å². The van der Waals surface area contributed by atoms with Gasteiger partial charge in [-0.1, -0.05) is 31.7 Å². The molecule has 1 atom stereocenters. The van der Waals surface area contributed by atoms with Gasteiger partial charge in [0, 0.05) is 13.0 Å². The average molecular weight is 394 g/mol. The van der Waals surface area contributed by atoms with Gasteiger partial charge in [0.1, 0.15) is 11.4 Å². The highest BCUT2D eigenvalue weighted by molar-refractivity contribution is 6.09. The SMILES string of the molecule is NC1(CC2CCC2)N=C(c2cccc(C(F)(F)F)n2)NC(=NCC2CCC2)N1. The molecule has 0 saturated heterocycles. The second kappa shape index (κ2) is 7.35. The summed E-state index contributed by atoms with van der Waals surface area (Å²) in [5.41, 5.74) is 5.65. The summed E-state index contributed by atoms with van der Waals surface area (Å²) in [6.45, 7) is 0.665. The molecular formula is C19H25F3N6. The molecule has 0 aromatic carbocycles. The first-order chi connectivity index (χ1) is 13.3. The summed E-state index contributed by atoms with van der Waals surface area (Å²) in [7, 11) is 0. The number of nitrogens with one attached hydrogen (secondary N) is 2. The van der Waals surface area contributed by atoms with Crippen LogP contribution < -0.4 is 16.4 Å². The van der Waals surface area contributed by atoms with Gasteiger partial charge in [-0.05, 0) is 36.8 Å². The Morgan fingerprint density at radius 2 is 1.86 bits per heavy atom. The molecule has 4 N–H and O–H groups in total. The van der Waals surface area contributed by atoms with E-state index in [1.165, 1.54) is 25.0 Å². The number of alkyl halides is 3. The molecule has 2 heterocycles. The maximum absolute atomic E-state index is 13.1. The highest BCUT2D eigenvalue weighted by Gasteiger charge is 2.37. The van der Waals surface area contributed by atoms with E-state index < -0.39 is 17.7 Å². The van der Waals surface area contributed by atoms with Crippen molar-refractivity contribution in [1.29, 1.82) is 0 Å². The highest BCUT2D eigenvalue weighted by Crippen LogP contribution is 2.33. The standard InChI is InChI=1S/C19H25F3N6/c20-19(21,22)15-9-3-8-14(25-15)16-26-17(24-11-13-6-2-7-13)28-18(23,27-16)10-12-4-1-5-12/h3,8-9,12-13H,1-2,4-7,10-11,23H2,(H2,24,26,27,28). The Balaban J connectivity index is 1.61. The van der Waals surface area contributed by atoms with Crippen molar-refractivity contribution < 1.29 is 13.2 Å². The van der Waals surface area contributed by atoms with E-state index in [0.29, 0.717) is 30.8 Å². The summed E-state index contributed by atoms with van der Waals surface area (Å²) in [6.07, 6.45) is 2.99. The van der Waals surface area contributed by atoms with E-state index in [-0.39, 0.29) is 11.5 Å². The Morgan fingerprint density at radius 1 is 1.14 bits per heavy atom. The zero-order valence-electron chi connectivity index (χ0n) is 15.6. The first kappa shape index (κ1) is 19.2. The van der Waals surface area contributed by atoms with Crippen LogP contribution in [0.2, 0.25) is 0 Å². The molecule has 0 spiro atoms. The van der Waals surface area contributed by atoms with Crippen molar-refractivity contribution in [3.05, 3.63) is 29.6 Å². The van der Waals surface area contributed by atoms with E-state index >= 15 is 0 Å². The first-order valence-electron chi connectivity index (χ1n) is 9.84. The van der Waals surface area contributed by atoms with Crippen LogP contribution in [0.15, 0.2) is 28.2 Å². The van der Waals surface area contributed by atoms with Crippen molar-refractivity contribution >= 4 is 11.8 Å². The molecule has 2 fully saturated rings. The summed E-state index contributed by atoms with van der Waals surface area (Å²) >= 11 is 0. The molecule has 4 rings (SSSR count). The van der Waals surface area contributed by atoms with Gasteiger partial charge in [0.05, 0.1) is 0 Å². The maximum atomic E-state index is 13.1. The molecule has 0 bridgehead atoms. The Kier molecular flexibility index (Phi) is 5.03. The molecule has 2 aliphatic carbocycles. The molecule has 152 valence electrons. The van der Waals surface area contributed by atoms with Crippen molar-refractivity contribution in [2.45, 2.75) is 56.9 Å². The van der Waals surface area contributed by atoms with Crippen LogP contribution >= 0.6 is 0 Å². The molecule has 9 heteroatoms. The fourth-order valence-corrected chi connectivity index (χ4v) is 3.66. The van der Waals surface area contributed by atoms with Gasteiger partial charge < -0.3 is 10.6 Å². The predicted molar refractivity (Wildman–Crippen MR) is 101 cm³/mol. The third kappa shape index (κ3) is 4.29. The van der Waals surface area contributed by atoms with Gasteiger partial charge in [0.2, 0.25) is 0 Å². The Morgan fingerprint density at radius 3 is 2.46 bits per heavy atom. The summed E-state index contributed by atoms with van der Waals surface area (Å²) in [4.78, 5) is 12.8. The second-order valence-electron chi connectivity index (χ2n) is 8.03.